The number of benzene rings is 2. The molecule has 0 bridgehead atoms. The molecule has 0 unspecified atom stereocenters. The molecule has 0 saturated carbocycles. The van der Waals surface area contributed by atoms with Crippen molar-refractivity contribution in [3.63, 3.8) is 0 Å². The Balaban J connectivity index is 1.69. The number of piperazine rings is 1. The lowest BCUT2D eigenvalue weighted by Gasteiger charge is -2.41. The first-order valence-corrected chi connectivity index (χ1v) is 13.8. The van der Waals surface area contributed by atoms with Gasteiger partial charge in [0.15, 0.2) is 0 Å². The fraction of sp³-hybridized carbons (Fsp3) is 0.516. The minimum absolute atomic E-state index is 0.133. The van der Waals surface area contributed by atoms with Crippen LogP contribution < -0.4 is 11.1 Å². The van der Waals surface area contributed by atoms with Gasteiger partial charge in [0.1, 0.15) is 17.2 Å². The highest BCUT2D eigenvalue weighted by Gasteiger charge is 2.40. The molecule has 9 heteroatoms. The molecule has 1 aliphatic rings. The number of nitrogens with two attached hydrogens (primary N) is 1. The number of carbonyl (C=O) groups excluding carboxylic acids is 3. The summed E-state index contributed by atoms with van der Waals surface area (Å²) in [5.74, 6) is -0.133. The van der Waals surface area contributed by atoms with Gasteiger partial charge in [-0.15, -0.1) is 0 Å². The summed E-state index contributed by atoms with van der Waals surface area (Å²) in [7, 11) is 0. The topological polar surface area (TPSA) is 114 Å². The summed E-state index contributed by atoms with van der Waals surface area (Å²) in [6, 6.07) is 16.5. The van der Waals surface area contributed by atoms with E-state index in [1.165, 1.54) is 4.90 Å². The summed E-state index contributed by atoms with van der Waals surface area (Å²) in [4.78, 5) is 42.1. The molecular formula is C31H44N4O5. The molecule has 2 atom stereocenters. The lowest BCUT2D eigenvalue weighted by Crippen LogP contribution is -2.60. The molecule has 40 heavy (non-hydrogen) atoms. The van der Waals surface area contributed by atoms with Gasteiger partial charge in [0.05, 0.1) is 0 Å². The van der Waals surface area contributed by atoms with Crippen molar-refractivity contribution in [2.24, 2.45) is 5.73 Å². The number of carbonyl (C=O) groups is 3. The van der Waals surface area contributed by atoms with E-state index in [2.05, 4.69) is 5.32 Å². The van der Waals surface area contributed by atoms with Crippen molar-refractivity contribution in [2.75, 3.05) is 13.1 Å². The molecule has 1 fully saturated rings. The number of rotatable bonds is 8. The largest absolute Gasteiger partial charge is 0.444 e. The van der Waals surface area contributed by atoms with Crippen molar-refractivity contribution >= 4 is 18.1 Å². The number of amides is 3. The zero-order valence-corrected chi connectivity index (χ0v) is 24.6. The maximum atomic E-state index is 13.7. The van der Waals surface area contributed by atoms with Crippen LogP contribution in [0.15, 0.2) is 54.6 Å². The molecule has 218 valence electrons. The summed E-state index contributed by atoms with van der Waals surface area (Å²) in [6.45, 7) is 12.5. The van der Waals surface area contributed by atoms with Crippen LogP contribution >= 0.6 is 0 Å². The number of ether oxygens (including phenoxy) is 2. The maximum Gasteiger partial charge on any atom is 0.411 e. The van der Waals surface area contributed by atoms with Crippen LogP contribution in [0.25, 0.3) is 0 Å². The highest BCUT2D eigenvalue weighted by molar-refractivity contribution is 5.87. The normalized spacial score (nSPS) is 16.9. The number of nitrogens with one attached hydrogen (secondary N) is 1. The van der Waals surface area contributed by atoms with Crippen LogP contribution in [0.5, 0.6) is 0 Å². The molecule has 1 heterocycles. The van der Waals surface area contributed by atoms with Gasteiger partial charge in [-0.2, -0.15) is 0 Å². The van der Waals surface area contributed by atoms with Crippen molar-refractivity contribution in [3.05, 3.63) is 71.3 Å². The van der Waals surface area contributed by atoms with Crippen molar-refractivity contribution in [1.82, 2.24) is 15.1 Å². The van der Waals surface area contributed by atoms with Crippen LogP contribution in [0.3, 0.4) is 0 Å². The third kappa shape index (κ3) is 9.86. The Morgan fingerprint density at radius 1 is 0.925 bits per heavy atom. The molecule has 0 spiro atoms. The Morgan fingerprint density at radius 2 is 1.55 bits per heavy atom. The van der Waals surface area contributed by atoms with E-state index in [9.17, 15) is 14.4 Å². The summed E-state index contributed by atoms with van der Waals surface area (Å²) in [5.41, 5.74) is 8.26. The second kappa shape index (κ2) is 13.2. The molecule has 9 nitrogen and oxygen atoms in total. The van der Waals surface area contributed by atoms with Crippen LogP contribution in [0, 0.1) is 0 Å². The number of hydrogen-bond donors (Lipinski definition) is 2. The van der Waals surface area contributed by atoms with E-state index in [4.69, 9.17) is 15.2 Å². The Hall–Kier alpha value is -3.59. The molecule has 0 aliphatic carbocycles. The van der Waals surface area contributed by atoms with Crippen LogP contribution in [0.1, 0.15) is 64.7 Å². The fourth-order valence-corrected chi connectivity index (χ4v) is 4.59. The molecule has 0 radical (unpaired) electrons. The third-order valence-electron chi connectivity index (χ3n) is 6.28. The smallest absolute Gasteiger partial charge is 0.411 e. The Bertz CT molecular complexity index is 1160. The standard InChI is InChI=1S/C31H44N4O5/c1-30(2,3)39-28(37)33-20-24-14-10-13-23(17-24)18-25(32)19-26-27(36)34(21-22-11-8-7-9-12-22)15-16-35(26)29(38)40-31(4,5)6/h7-14,17,25-26H,15-16,18-21,32H2,1-6H3,(H,33,37)/t25-,26-/m0/s1. The van der Waals surface area contributed by atoms with E-state index in [1.54, 1.807) is 4.90 Å². The zero-order chi connectivity index (χ0) is 29.5. The minimum atomic E-state index is -0.723. The number of hydrogen-bond acceptors (Lipinski definition) is 6. The molecule has 1 saturated heterocycles. The highest BCUT2D eigenvalue weighted by Crippen LogP contribution is 2.22. The molecule has 0 aromatic heterocycles. The van der Waals surface area contributed by atoms with Gasteiger partial charge in [0.2, 0.25) is 5.91 Å². The van der Waals surface area contributed by atoms with Crippen LogP contribution in [-0.4, -0.2) is 64.3 Å². The minimum Gasteiger partial charge on any atom is -0.444 e. The first kappa shape index (κ1) is 30.9. The second-order valence-electron chi connectivity index (χ2n) is 12.3. The molecule has 2 aromatic rings. The zero-order valence-electron chi connectivity index (χ0n) is 24.6. The highest BCUT2D eigenvalue weighted by atomic mass is 16.6. The predicted molar refractivity (Wildman–Crippen MR) is 154 cm³/mol. The monoisotopic (exact) mass is 552 g/mol. The molecular weight excluding hydrogens is 508 g/mol. The first-order chi connectivity index (χ1) is 18.7. The number of nitrogens with zero attached hydrogens (tertiary/aromatic N) is 2. The fourth-order valence-electron chi connectivity index (χ4n) is 4.59. The Labute approximate surface area is 238 Å². The van der Waals surface area contributed by atoms with Gasteiger partial charge < -0.3 is 25.4 Å². The Kier molecular flexibility index (Phi) is 10.2. The average Bonchev–Trinajstić information content (AvgIpc) is 2.84. The van der Waals surface area contributed by atoms with Crippen LogP contribution in [-0.2, 0) is 33.8 Å². The first-order valence-electron chi connectivity index (χ1n) is 13.8. The SMILES string of the molecule is CC(C)(C)OC(=O)NCc1cccc(C[C@H](N)C[C@H]2C(=O)N(Cc3ccccc3)CCN2C(=O)OC(C)(C)C)c1. The number of alkyl carbamates (subject to hydrolysis) is 1. The molecule has 3 rings (SSSR count). The summed E-state index contributed by atoms with van der Waals surface area (Å²) >= 11 is 0. The summed E-state index contributed by atoms with van der Waals surface area (Å²) < 4.78 is 10.9. The maximum absolute atomic E-state index is 13.7. The van der Waals surface area contributed by atoms with E-state index < -0.39 is 29.4 Å². The van der Waals surface area contributed by atoms with Crippen molar-refractivity contribution < 1.29 is 23.9 Å². The van der Waals surface area contributed by atoms with Crippen molar-refractivity contribution in [2.45, 2.75) is 90.8 Å². The quantitative estimate of drug-likeness (QED) is 0.494. The average molecular weight is 553 g/mol. The van der Waals surface area contributed by atoms with Crippen molar-refractivity contribution in [3.8, 4) is 0 Å². The predicted octanol–water partition coefficient (Wildman–Crippen LogP) is 4.62. The van der Waals surface area contributed by atoms with Crippen molar-refractivity contribution in [1.29, 1.82) is 0 Å². The molecule has 3 N–H and O–H groups in total. The van der Waals surface area contributed by atoms with E-state index in [-0.39, 0.29) is 11.9 Å². The third-order valence-corrected chi connectivity index (χ3v) is 6.28. The molecule has 2 aromatic carbocycles. The molecule has 1 aliphatic heterocycles. The van der Waals surface area contributed by atoms with Gasteiger partial charge in [0, 0.05) is 32.2 Å². The Morgan fingerprint density at radius 3 is 2.20 bits per heavy atom. The van der Waals surface area contributed by atoms with Crippen LogP contribution in [0.4, 0.5) is 9.59 Å². The second-order valence-corrected chi connectivity index (χ2v) is 12.3. The van der Waals surface area contributed by atoms with Gasteiger partial charge in [-0.1, -0.05) is 54.6 Å². The van der Waals surface area contributed by atoms with Gasteiger partial charge >= 0.3 is 12.2 Å². The lowest BCUT2D eigenvalue weighted by atomic mass is 9.96. The van der Waals surface area contributed by atoms with E-state index in [0.29, 0.717) is 39.0 Å². The van der Waals surface area contributed by atoms with E-state index >= 15 is 0 Å². The van der Waals surface area contributed by atoms with E-state index in [0.717, 1.165) is 16.7 Å². The summed E-state index contributed by atoms with van der Waals surface area (Å²) in [5, 5.41) is 2.77. The lowest BCUT2D eigenvalue weighted by molar-refractivity contribution is -0.142. The van der Waals surface area contributed by atoms with Gasteiger partial charge in [-0.05, 0) is 71.1 Å². The van der Waals surface area contributed by atoms with E-state index in [1.807, 2.05) is 96.1 Å². The van der Waals surface area contributed by atoms with Gasteiger partial charge in [-0.3, -0.25) is 9.69 Å². The molecule has 3 amide bonds. The van der Waals surface area contributed by atoms with Crippen LogP contribution in [0.2, 0.25) is 0 Å². The van der Waals surface area contributed by atoms with Gasteiger partial charge in [-0.25, -0.2) is 9.59 Å². The summed E-state index contributed by atoms with van der Waals surface area (Å²) in [6.07, 6.45) is -0.186. The van der Waals surface area contributed by atoms with Gasteiger partial charge in [0.25, 0.3) is 0 Å².